The van der Waals surface area contributed by atoms with Crippen molar-refractivity contribution < 1.29 is 0 Å². The highest BCUT2D eigenvalue weighted by atomic mass is 79.9. The van der Waals surface area contributed by atoms with Crippen molar-refractivity contribution in [2.45, 2.75) is 155 Å². The largest absolute Gasteiger partial charge is 0.0654 e. The first-order valence-corrected chi connectivity index (χ1v) is 14.8. The zero-order valence-electron chi connectivity index (χ0n) is 21.2. The third-order valence-electron chi connectivity index (χ3n) is 6.77. The molecular formula is C30H53Br. The summed E-state index contributed by atoms with van der Waals surface area (Å²) in [7, 11) is 0. The van der Waals surface area contributed by atoms with E-state index in [0.717, 1.165) is 0 Å². The molecule has 1 aromatic rings. The highest BCUT2D eigenvalue weighted by Gasteiger charge is 2.04. The quantitative estimate of drug-likeness (QED) is 0.141. The van der Waals surface area contributed by atoms with Crippen LogP contribution >= 0.6 is 15.9 Å². The van der Waals surface area contributed by atoms with Crippen molar-refractivity contribution in [3.63, 3.8) is 0 Å². The molecule has 0 radical (unpaired) electrons. The molecule has 1 rings (SSSR count). The fraction of sp³-hybridized carbons (Fsp3) is 0.800. The second kappa shape index (κ2) is 21.5. The second-order valence-corrected chi connectivity index (χ2v) is 10.7. The van der Waals surface area contributed by atoms with Gasteiger partial charge in [0.1, 0.15) is 0 Å². The number of hydrogen-bond donors (Lipinski definition) is 0. The average molecular weight is 494 g/mol. The summed E-state index contributed by atoms with van der Waals surface area (Å²) in [5, 5.41) is 0. The Labute approximate surface area is 204 Å². The first-order chi connectivity index (χ1) is 15.3. The van der Waals surface area contributed by atoms with Crippen LogP contribution in [0.1, 0.15) is 153 Å². The summed E-state index contributed by atoms with van der Waals surface area (Å²) in [4.78, 5) is 0. The smallest absolute Gasteiger partial charge is 0.0178 e. The lowest BCUT2D eigenvalue weighted by molar-refractivity contribution is 0.553. The lowest BCUT2D eigenvalue weighted by atomic mass is 9.96. The van der Waals surface area contributed by atoms with E-state index < -0.39 is 0 Å². The molecule has 0 aliphatic heterocycles. The molecule has 0 nitrogen and oxygen atoms in total. The van der Waals surface area contributed by atoms with E-state index in [9.17, 15) is 0 Å². The third-order valence-corrected chi connectivity index (χ3v) is 7.26. The van der Waals surface area contributed by atoms with Gasteiger partial charge in [-0.3, -0.25) is 0 Å². The summed E-state index contributed by atoms with van der Waals surface area (Å²) in [6, 6.07) is 7.01. The van der Waals surface area contributed by atoms with Crippen LogP contribution in [0.4, 0.5) is 0 Å². The lowest BCUT2D eigenvalue weighted by Crippen LogP contribution is -1.96. The van der Waals surface area contributed by atoms with Crippen LogP contribution in [0.5, 0.6) is 0 Å². The summed E-state index contributed by atoms with van der Waals surface area (Å²) in [5.41, 5.74) is 3.21. The Bertz CT molecular complexity index is 507. The van der Waals surface area contributed by atoms with Crippen LogP contribution in [0.25, 0.3) is 0 Å². The van der Waals surface area contributed by atoms with Crippen LogP contribution in [-0.2, 0) is 12.8 Å². The van der Waals surface area contributed by atoms with Gasteiger partial charge in [0.25, 0.3) is 0 Å². The number of benzene rings is 1. The molecule has 0 heterocycles. The van der Waals surface area contributed by atoms with Gasteiger partial charge in [-0.25, -0.2) is 0 Å². The summed E-state index contributed by atoms with van der Waals surface area (Å²) < 4.78 is 1.25. The molecule has 0 aliphatic carbocycles. The number of rotatable bonds is 22. The van der Waals surface area contributed by atoms with Crippen LogP contribution in [0.15, 0.2) is 22.7 Å². The molecule has 0 saturated heterocycles. The Balaban J connectivity index is 2.10. The first kappa shape index (κ1) is 28.7. The molecule has 1 aromatic carbocycles. The van der Waals surface area contributed by atoms with E-state index in [0.29, 0.717) is 0 Å². The summed E-state index contributed by atoms with van der Waals surface area (Å²) in [5.74, 6) is 0. The predicted octanol–water partition coefficient (Wildman–Crippen LogP) is 11.4. The molecule has 0 amide bonds. The highest BCUT2D eigenvalue weighted by molar-refractivity contribution is 9.10. The maximum atomic E-state index is 3.70. The summed E-state index contributed by atoms with van der Waals surface area (Å²) in [6.45, 7) is 4.60. The van der Waals surface area contributed by atoms with Gasteiger partial charge < -0.3 is 0 Å². The number of halogens is 1. The van der Waals surface area contributed by atoms with Gasteiger partial charge in [-0.2, -0.15) is 0 Å². The van der Waals surface area contributed by atoms with Crippen LogP contribution < -0.4 is 0 Å². The Kier molecular flexibility index (Phi) is 20.0. The fourth-order valence-corrected chi connectivity index (χ4v) is 5.09. The van der Waals surface area contributed by atoms with Crippen LogP contribution in [0.3, 0.4) is 0 Å². The molecule has 180 valence electrons. The average Bonchev–Trinajstić information content (AvgIpc) is 2.77. The molecular weight excluding hydrogens is 440 g/mol. The van der Waals surface area contributed by atoms with Crippen molar-refractivity contribution in [1.82, 2.24) is 0 Å². The number of unbranched alkanes of at least 4 members (excludes halogenated alkanes) is 18. The molecule has 0 saturated carbocycles. The van der Waals surface area contributed by atoms with Gasteiger partial charge in [0, 0.05) is 4.47 Å². The van der Waals surface area contributed by atoms with Gasteiger partial charge in [0.15, 0.2) is 0 Å². The SMILES string of the molecule is CCCCCCCCCCCCc1ccc(Br)cc1CCCCCCCCCCCC. The minimum absolute atomic E-state index is 1.25. The number of aryl methyl sites for hydroxylation is 2. The molecule has 0 bridgehead atoms. The molecule has 0 aliphatic rings. The van der Waals surface area contributed by atoms with Crippen LogP contribution in [0.2, 0.25) is 0 Å². The Morgan fingerprint density at radius 2 is 0.806 bits per heavy atom. The maximum Gasteiger partial charge on any atom is 0.0178 e. The molecule has 0 spiro atoms. The van der Waals surface area contributed by atoms with Gasteiger partial charge in [0.2, 0.25) is 0 Å². The monoisotopic (exact) mass is 492 g/mol. The third kappa shape index (κ3) is 16.9. The van der Waals surface area contributed by atoms with E-state index >= 15 is 0 Å². The fourth-order valence-electron chi connectivity index (χ4n) is 4.68. The van der Waals surface area contributed by atoms with Crippen LogP contribution in [-0.4, -0.2) is 0 Å². The number of hydrogen-bond acceptors (Lipinski definition) is 0. The van der Waals surface area contributed by atoms with Crippen molar-refractivity contribution in [1.29, 1.82) is 0 Å². The Morgan fingerprint density at radius 1 is 0.452 bits per heavy atom. The van der Waals surface area contributed by atoms with E-state index in [4.69, 9.17) is 0 Å². The topological polar surface area (TPSA) is 0 Å². The molecule has 0 fully saturated rings. The van der Waals surface area contributed by atoms with E-state index in [1.165, 1.54) is 146 Å². The normalized spacial score (nSPS) is 11.3. The van der Waals surface area contributed by atoms with Crippen molar-refractivity contribution in [3.05, 3.63) is 33.8 Å². The first-order valence-electron chi connectivity index (χ1n) is 14.0. The zero-order chi connectivity index (χ0) is 22.4. The molecule has 0 N–H and O–H groups in total. The van der Waals surface area contributed by atoms with E-state index in [2.05, 4.69) is 48.0 Å². The minimum Gasteiger partial charge on any atom is -0.0654 e. The summed E-state index contributed by atoms with van der Waals surface area (Å²) in [6.07, 6.45) is 31.0. The van der Waals surface area contributed by atoms with Gasteiger partial charge in [-0.05, 0) is 48.9 Å². The minimum atomic E-state index is 1.25. The predicted molar refractivity (Wildman–Crippen MR) is 145 cm³/mol. The van der Waals surface area contributed by atoms with Gasteiger partial charge >= 0.3 is 0 Å². The Hall–Kier alpha value is -0.300. The van der Waals surface area contributed by atoms with Crippen molar-refractivity contribution in [3.8, 4) is 0 Å². The molecule has 0 unspecified atom stereocenters. The maximum absolute atomic E-state index is 3.70. The van der Waals surface area contributed by atoms with Crippen molar-refractivity contribution >= 4 is 15.9 Å². The summed E-state index contributed by atoms with van der Waals surface area (Å²) >= 11 is 3.70. The molecule has 1 heteroatoms. The zero-order valence-corrected chi connectivity index (χ0v) is 22.8. The van der Waals surface area contributed by atoms with Crippen LogP contribution in [0, 0.1) is 0 Å². The molecule has 0 aromatic heterocycles. The lowest BCUT2D eigenvalue weighted by Gasteiger charge is -2.11. The standard InChI is InChI=1S/C30H53Br/c1-3-5-7-9-11-13-15-17-19-21-23-28-25-26-30(31)27-29(28)24-22-20-18-16-14-12-10-8-6-4-2/h25-27H,3-24H2,1-2H3. The van der Waals surface area contributed by atoms with E-state index in [-0.39, 0.29) is 0 Å². The molecule has 31 heavy (non-hydrogen) atoms. The highest BCUT2D eigenvalue weighted by Crippen LogP contribution is 2.22. The van der Waals surface area contributed by atoms with Gasteiger partial charge in [-0.15, -0.1) is 0 Å². The van der Waals surface area contributed by atoms with Gasteiger partial charge in [-0.1, -0.05) is 151 Å². The van der Waals surface area contributed by atoms with Gasteiger partial charge in [0.05, 0.1) is 0 Å². The Morgan fingerprint density at radius 3 is 1.23 bits per heavy atom. The van der Waals surface area contributed by atoms with E-state index in [1.54, 1.807) is 11.1 Å². The second-order valence-electron chi connectivity index (χ2n) is 9.78. The van der Waals surface area contributed by atoms with Crippen molar-refractivity contribution in [2.75, 3.05) is 0 Å². The van der Waals surface area contributed by atoms with E-state index in [1.807, 2.05) is 0 Å². The van der Waals surface area contributed by atoms with Crippen molar-refractivity contribution in [2.24, 2.45) is 0 Å². The molecule has 0 atom stereocenters.